The van der Waals surface area contributed by atoms with Gasteiger partial charge in [-0.3, -0.25) is 0 Å². The molecule has 1 heterocycles. The van der Waals surface area contributed by atoms with E-state index in [-0.39, 0.29) is 5.83 Å². The highest BCUT2D eigenvalue weighted by Crippen LogP contribution is 2.17. The Balaban J connectivity index is 2.62. The molecule has 0 aliphatic carbocycles. The van der Waals surface area contributed by atoms with Crippen molar-refractivity contribution in [2.45, 2.75) is 6.92 Å². The van der Waals surface area contributed by atoms with Crippen molar-refractivity contribution in [3.8, 4) is 0 Å². The van der Waals surface area contributed by atoms with Crippen molar-refractivity contribution in [2.24, 2.45) is 0 Å². The van der Waals surface area contributed by atoms with Gasteiger partial charge in [-0.1, -0.05) is 24.3 Å². The van der Waals surface area contributed by atoms with Crippen molar-refractivity contribution < 1.29 is 4.39 Å². The summed E-state index contributed by atoms with van der Waals surface area (Å²) in [5.41, 5.74) is 1.22. The quantitative estimate of drug-likeness (QED) is 0.665. The number of para-hydroxylation sites is 1. The molecule has 0 N–H and O–H groups in total. The maximum atomic E-state index is 13.2. The summed E-state index contributed by atoms with van der Waals surface area (Å²) in [6, 6.07) is 11.2. The van der Waals surface area contributed by atoms with Crippen molar-refractivity contribution in [2.75, 3.05) is 0 Å². The summed E-state index contributed by atoms with van der Waals surface area (Å²) in [6.07, 6.45) is 1.41. The molecule has 0 unspecified atom stereocenters. The number of aromatic nitrogens is 1. The van der Waals surface area contributed by atoms with Crippen LogP contribution in [0, 0.1) is 0 Å². The summed E-state index contributed by atoms with van der Waals surface area (Å²) in [5.74, 6) is -0.282. The first-order chi connectivity index (χ1) is 6.81. The van der Waals surface area contributed by atoms with Crippen LogP contribution >= 0.6 is 0 Å². The minimum Gasteiger partial charge on any atom is -0.245 e. The van der Waals surface area contributed by atoms with E-state index in [2.05, 4.69) is 4.98 Å². The molecule has 0 atom stereocenters. The molecule has 1 aromatic heterocycles. The molecule has 0 bridgehead atoms. The average Bonchev–Trinajstić information content (AvgIpc) is 2.27. The predicted octanol–water partition coefficient (Wildman–Crippen LogP) is 3.57. The van der Waals surface area contributed by atoms with E-state index in [1.165, 1.54) is 6.08 Å². The van der Waals surface area contributed by atoms with E-state index in [1.54, 1.807) is 13.0 Å². The predicted molar refractivity (Wildman–Crippen MR) is 56.5 cm³/mol. The molecule has 2 aromatic rings. The number of halogens is 1. The molecule has 0 radical (unpaired) electrons. The Labute approximate surface area is 81.9 Å². The Bertz CT molecular complexity index is 488. The first-order valence-corrected chi connectivity index (χ1v) is 4.49. The van der Waals surface area contributed by atoms with Crippen LogP contribution in [0.1, 0.15) is 12.6 Å². The van der Waals surface area contributed by atoms with Gasteiger partial charge in [-0.2, -0.15) is 0 Å². The summed E-state index contributed by atoms with van der Waals surface area (Å²) < 4.78 is 13.2. The molecular weight excluding hydrogens is 177 g/mol. The summed E-state index contributed by atoms with van der Waals surface area (Å²) >= 11 is 0. The second kappa shape index (κ2) is 3.58. The fourth-order valence-corrected chi connectivity index (χ4v) is 1.35. The lowest BCUT2D eigenvalue weighted by Crippen LogP contribution is -1.85. The van der Waals surface area contributed by atoms with Crippen LogP contribution in [-0.2, 0) is 0 Å². The van der Waals surface area contributed by atoms with Gasteiger partial charge in [0.05, 0.1) is 11.2 Å². The third-order valence-electron chi connectivity index (χ3n) is 2.10. The van der Waals surface area contributed by atoms with E-state index in [0.29, 0.717) is 5.69 Å². The number of rotatable bonds is 1. The Morgan fingerprint density at radius 2 is 2.00 bits per heavy atom. The second-order valence-electron chi connectivity index (χ2n) is 3.03. The van der Waals surface area contributed by atoms with Gasteiger partial charge in [-0.05, 0) is 25.1 Å². The zero-order chi connectivity index (χ0) is 9.97. The lowest BCUT2D eigenvalue weighted by Gasteiger charge is -1.99. The molecule has 1 nitrogen and oxygen atoms in total. The van der Waals surface area contributed by atoms with Gasteiger partial charge in [0, 0.05) is 5.39 Å². The van der Waals surface area contributed by atoms with Crippen molar-refractivity contribution >= 4 is 16.7 Å². The smallest absolute Gasteiger partial charge is 0.144 e. The van der Waals surface area contributed by atoms with Crippen LogP contribution in [0.25, 0.3) is 16.7 Å². The maximum Gasteiger partial charge on any atom is 0.144 e. The molecule has 14 heavy (non-hydrogen) atoms. The van der Waals surface area contributed by atoms with Gasteiger partial charge in [0.2, 0.25) is 0 Å². The minimum atomic E-state index is -0.282. The van der Waals surface area contributed by atoms with Crippen molar-refractivity contribution in [3.05, 3.63) is 48.2 Å². The van der Waals surface area contributed by atoms with Gasteiger partial charge in [0.1, 0.15) is 5.83 Å². The first-order valence-electron chi connectivity index (χ1n) is 4.49. The zero-order valence-electron chi connectivity index (χ0n) is 7.87. The molecule has 0 aliphatic heterocycles. The fraction of sp³-hybridized carbons (Fsp3) is 0.0833. The Hall–Kier alpha value is -1.70. The molecule has 2 heteroatoms. The number of hydrogen-bond donors (Lipinski definition) is 0. The third kappa shape index (κ3) is 1.51. The highest BCUT2D eigenvalue weighted by atomic mass is 19.1. The first kappa shape index (κ1) is 8.88. The molecule has 2 rings (SSSR count). The van der Waals surface area contributed by atoms with Gasteiger partial charge in [0.25, 0.3) is 0 Å². The van der Waals surface area contributed by atoms with Crippen LogP contribution in [0.5, 0.6) is 0 Å². The van der Waals surface area contributed by atoms with Gasteiger partial charge < -0.3 is 0 Å². The molecular formula is C12H10FN. The molecule has 0 aliphatic rings. The molecule has 0 fully saturated rings. The van der Waals surface area contributed by atoms with E-state index < -0.39 is 0 Å². The van der Waals surface area contributed by atoms with Crippen LogP contribution in [0.15, 0.2) is 42.5 Å². The highest BCUT2D eigenvalue weighted by molar-refractivity contribution is 5.80. The maximum absolute atomic E-state index is 13.2. The second-order valence-corrected chi connectivity index (χ2v) is 3.03. The zero-order valence-corrected chi connectivity index (χ0v) is 7.87. The van der Waals surface area contributed by atoms with Crippen molar-refractivity contribution in [3.63, 3.8) is 0 Å². The fourth-order valence-electron chi connectivity index (χ4n) is 1.35. The number of pyridine rings is 1. The number of benzene rings is 1. The number of hydrogen-bond acceptors (Lipinski definition) is 1. The molecule has 0 saturated heterocycles. The Kier molecular flexibility index (Phi) is 2.27. The van der Waals surface area contributed by atoms with Crippen LogP contribution in [-0.4, -0.2) is 4.98 Å². The monoisotopic (exact) mass is 187 g/mol. The molecule has 0 amide bonds. The Morgan fingerprint density at radius 3 is 2.79 bits per heavy atom. The Morgan fingerprint density at radius 1 is 1.21 bits per heavy atom. The van der Waals surface area contributed by atoms with Gasteiger partial charge in [-0.15, -0.1) is 0 Å². The standard InChI is InChI=1S/C12H10FN/c1-2-10(13)12-8-7-9-5-3-4-6-11(9)14-12/h2-8H,1H3. The minimum absolute atomic E-state index is 0.282. The molecule has 1 aromatic carbocycles. The highest BCUT2D eigenvalue weighted by Gasteiger charge is 2.01. The average molecular weight is 187 g/mol. The van der Waals surface area contributed by atoms with Crippen LogP contribution in [0.2, 0.25) is 0 Å². The van der Waals surface area contributed by atoms with Crippen molar-refractivity contribution in [1.29, 1.82) is 0 Å². The summed E-state index contributed by atoms with van der Waals surface area (Å²) in [6.45, 7) is 1.66. The van der Waals surface area contributed by atoms with Gasteiger partial charge in [0.15, 0.2) is 0 Å². The van der Waals surface area contributed by atoms with Gasteiger partial charge >= 0.3 is 0 Å². The normalized spacial score (nSPS) is 12.0. The van der Waals surface area contributed by atoms with E-state index in [9.17, 15) is 4.39 Å². The van der Waals surface area contributed by atoms with E-state index in [4.69, 9.17) is 0 Å². The topological polar surface area (TPSA) is 12.9 Å². The van der Waals surface area contributed by atoms with E-state index >= 15 is 0 Å². The SMILES string of the molecule is CC=C(F)c1ccc2ccccc2n1. The number of nitrogens with zero attached hydrogens (tertiary/aromatic N) is 1. The molecule has 70 valence electrons. The summed E-state index contributed by atoms with van der Waals surface area (Å²) in [7, 11) is 0. The lowest BCUT2D eigenvalue weighted by atomic mass is 10.2. The number of fused-ring (bicyclic) bond motifs is 1. The van der Waals surface area contributed by atoms with Crippen molar-refractivity contribution in [1.82, 2.24) is 4.98 Å². The lowest BCUT2D eigenvalue weighted by molar-refractivity contribution is 0.752. The number of allylic oxidation sites excluding steroid dienone is 1. The van der Waals surface area contributed by atoms with Crippen LogP contribution < -0.4 is 0 Å². The molecule has 0 saturated carbocycles. The van der Waals surface area contributed by atoms with Gasteiger partial charge in [-0.25, -0.2) is 9.37 Å². The molecule has 0 spiro atoms. The largest absolute Gasteiger partial charge is 0.245 e. The van der Waals surface area contributed by atoms with E-state index in [1.807, 2.05) is 30.3 Å². The van der Waals surface area contributed by atoms with Crippen LogP contribution in [0.4, 0.5) is 4.39 Å². The van der Waals surface area contributed by atoms with E-state index in [0.717, 1.165) is 10.9 Å². The van der Waals surface area contributed by atoms with Crippen LogP contribution in [0.3, 0.4) is 0 Å². The summed E-state index contributed by atoms with van der Waals surface area (Å²) in [4.78, 5) is 4.20. The summed E-state index contributed by atoms with van der Waals surface area (Å²) in [5, 5.41) is 1.03. The third-order valence-corrected chi connectivity index (χ3v) is 2.10.